The minimum absolute atomic E-state index is 0.0429. The van der Waals surface area contributed by atoms with Gasteiger partial charge in [0.15, 0.2) is 17.1 Å². The molecule has 0 bridgehead atoms. The molecule has 1 aliphatic rings. The number of amides is 1. The maximum absolute atomic E-state index is 13.3. The molecular formula is C24H25N5O3S. The quantitative estimate of drug-likeness (QED) is 0.441. The number of aromatic nitrogens is 4. The Labute approximate surface area is 195 Å². The molecule has 4 aromatic rings. The van der Waals surface area contributed by atoms with Gasteiger partial charge in [0.05, 0.1) is 19.9 Å². The second-order valence-electron chi connectivity index (χ2n) is 8.06. The first kappa shape index (κ1) is 21.4. The summed E-state index contributed by atoms with van der Waals surface area (Å²) in [6, 6.07) is 11.6. The van der Waals surface area contributed by atoms with E-state index in [0.29, 0.717) is 29.5 Å². The summed E-state index contributed by atoms with van der Waals surface area (Å²) in [6.45, 7) is 3.27. The van der Waals surface area contributed by atoms with E-state index in [1.165, 1.54) is 11.3 Å². The Morgan fingerprint density at radius 1 is 1.06 bits per heavy atom. The summed E-state index contributed by atoms with van der Waals surface area (Å²) < 4.78 is 12.8. The highest BCUT2D eigenvalue weighted by molar-refractivity contribution is 7.17. The summed E-state index contributed by atoms with van der Waals surface area (Å²) in [4.78, 5) is 20.6. The Morgan fingerprint density at radius 2 is 1.85 bits per heavy atom. The third-order valence-electron chi connectivity index (χ3n) is 6.11. The Hall–Kier alpha value is -3.46. The van der Waals surface area contributed by atoms with Crippen LogP contribution in [0.2, 0.25) is 0 Å². The van der Waals surface area contributed by atoms with Gasteiger partial charge in [0.2, 0.25) is 0 Å². The number of fused-ring (bicyclic) bond motifs is 1. The van der Waals surface area contributed by atoms with E-state index in [9.17, 15) is 4.79 Å². The van der Waals surface area contributed by atoms with Gasteiger partial charge in [0.1, 0.15) is 15.7 Å². The number of rotatable bonds is 5. The largest absolute Gasteiger partial charge is 0.493 e. The lowest BCUT2D eigenvalue weighted by atomic mass is 9.96. The van der Waals surface area contributed by atoms with Crippen LogP contribution in [0.4, 0.5) is 0 Å². The number of thiazole rings is 1. The van der Waals surface area contributed by atoms with Crippen molar-refractivity contribution in [1.82, 2.24) is 24.5 Å². The van der Waals surface area contributed by atoms with Gasteiger partial charge in [-0.15, -0.1) is 21.5 Å². The van der Waals surface area contributed by atoms with Gasteiger partial charge < -0.3 is 14.4 Å². The second kappa shape index (κ2) is 8.82. The van der Waals surface area contributed by atoms with E-state index >= 15 is 0 Å². The number of likely N-dealkylation sites (tertiary alicyclic amines) is 1. The smallest absolute Gasteiger partial charge is 0.265 e. The van der Waals surface area contributed by atoms with Crippen LogP contribution in [0.15, 0.2) is 42.6 Å². The Balaban J connectivity index is 1.31. The second-order valence-corrected chi connectivity index (χ2v) is 9.06. The zero-order valence-electron chi connectivity index (χ0n) is 18.8. The lowest BCUT2D eigenvalue weighted by Crippen LogP contribution is -2.38. The van der Waals surface area contributed by atoms with E-state index in [1.54, 1.807) is 14.2 Å². The maximum Gasteiger partial charge on any atom is 0.265 e. The number of piperidine rings is 1. The van der Waals surface area contributed by atoms with Crippen LogP contribution in [0.5, 0.6) is 11.5 Å². The summed E-state index contributed by atoms with van der Waals surface area (Å²) in [5.74, 6) is 2.60. The topological polar surface area (TPSA) is 81.9 Å². The molecule has 0 atom stereocenters. The number of benzene rings is 1. The van der Waals surface area contributed by atoms with Crippen molar-refractivity contribution in [3.63, 3.8) is 0 Å². The van der Waals surface area contributed by atoms with Crippen LogP contribution in [0, 0.1) is 6.92 Å². The normalized spacial score (nSPS) is 14.6. The van der Waals surface area contributed by atoms with Crippen LogP contribution in [0.25, 0.3) is 16.2 Å². The SMILES string of the molecule is COc1ccc(-c2nc(C)c(C(=O)N3CCC(c4nnc5ccccn45)CC3)s2)cc1OC. The minimum atomic E-state index is 0.0429. The van der Waals surface area contributed by atoms with Crippen LogP contribution < -0.4 is 9.47 Å². The molecule has 3 aromatic heterocycles. The molecule has 0 radical (unpaired) electrons. The van der Waals surface area contributed by atoms with E-state index in [1.807, 2.05) is 58.8 Å². The molecule has 0 unspecified atom stereocenters. The van der Waals surface area contributed by atoms with Gasteiger partial charge in [0.25, 0.3) is 5.91 Å². The predicted molar refractivity (Wildman–Crippen MR) is 126 cm³/mol. The molecule has 0 aliphatic carbocycles. The monoisotopic (exact) mass is 463 g/mol. The van der Waals surface area contributed by atoms with E-state index in [0.717, 1.165) is 40.6 Å². The van der Waals surface area contributed by atoms with Crippen LogP contribution in [0.1, 0.15) is 39.9 Å². The highest BCUT2D eigenvalue weighted by atomic mass is 32.1. The summed E-state index contributed by atoms with van der Waals surface area (Å²) in [7, 11) is 3.21. The molecule has 0 N–H and O–H groups in total. The molecule has 1 saturated heterocycles. The minimum Gasteiger partial charge on any atom is -0.493 e. The molecule has 0 spiro atoms. The zero-order valence-corrected chi connectivity index (χ0v) is 19.6. The fraction of sp³-hybridized carbons (Fsp3) is 0.333. The molecule has 8 nitrogen and oxygen atoms in total. The number of ether oxygens (including phenoxy) is 2. The molecule has 1 fully saturated rings. The number of nitrogens with zero attached hydrogens (tertiary/aromatic N) is 5. The first-order chi connectivity index (χ1) is 16.1. The van der Waals surface area contributed by atoms with E-state index in [-0.39, 0.29) is 11.8 Å². The van der Waals surface area contributed by atoms with E-state index < -0.39 is 0 Å². The molecule has 170 valence electrons. The molecule has 0 saturated carbocycles. The lowest BCUT2D eigenvalue weighted by molar-refractivity contribution is 0.0715. The van der Waals surface area contributed by atoms with Gasteiger partial charge in [-0.25, -0.2) is 4.98 Å². The molecular weight excluding hydrogens is 438 g/mol. The van der Waals surface area contributed by atoms with Crippen molar-refractivity contribution in [3.8, 4) is 22.1 Å². The van der Waals surface area contributed by atoms with Crippen molar-refractivity contribution >= 4 is 22.9 Å². The molecule has 5 rings (SSSR count). The standard InChI is InChI=1S/C24H25N5O3S/c1-15-21(33-23(25-15)17-7-8-18(31-2)19(14-17)32-3)24(30)28-12-9-16(10-13-28)22-27-26-20-6-4-5-11-29(20)22/h4-8,11,14,16H,9-10,12-13H2,1-3H3. The Kier molecular flexibility index (Phi) is 5.72. The fourth-order valence-electron chi connectivity index (χ4n) is 4.31. The number of hydrogen-bond acceptors (Lipinski definition) is 7. The van der Waals surface area contributed by atoms with Crippen molar-refractivity contribution in [2.75, 3.05) is 27.3 Å². The van der Waals surface area contributed by atoms with E-state index in [2.05, 4.69) is 15.2 Å². The first-order valence-corrected chi connectivity index (χ1v) is 11.7. The lowest BCUT2D eigenvalue weighted by Gasteiger charge is -2.31. The molecule has 33 heavy (non-hydrogen) atoms. The molecule has 4 heterocycles. The fourth-order valence-corrected chi connectivity index (χ4v) is 5.34. The predicted octanol–water partition coefficient (Wildman–Crippen LogP) is 4.20. The van der Waals surface area contributed by atoms with Crippen LogP contribution >= 0.6 is 11.3 Å². The summed E-state index contributed by atoms with van der Waals surface area (Å²) in [5, 5.41) is 9.47. The van der Waals surface area contributed by atoms with Gasteiger partial charge in [-0.05, 0) is 50.1 Å². The van der Waals surface area contributed by atoms with E-state index in [4.69, 9.17) is 9.47 Å². The summed E-state index contributed by atoms with van der Waals surface area (Å²) in [5.41, 5.74) is 2.51. The number of carbonyl (C=O) groups is 1. The van der Waals surface area contributed by atoms with Gasteiger partial charge >= 0.3 is 0 Å². The van der Waals surface area contributed by atoms with Gasteiger partial charge in [0, 0.05) is 30.8 Å². The van der Waals surface area contributed by atoms with Crippen molar-refractivity contribution in [2.24, 2.45) is 0 Å². The number of carbonyl (C=O) groups excluding carboxylic acids is 1. The van der Waals surface area contributed by atoms with Gasteiger partial charge in [-0.3, -0.25) is 9.20 Å². The number of pyridine rings is 1. The number of hydrogen-bond donors (Lipinski definition) is 0. The number of methoxy groups -OCH3 is 2. The average molecular weight is 464 g/mol. The first-order valence-electron chi connectivity index (χ1n) is 10.9. The Bertz CT molecular complexity index is 1310. The van der Waals surface area contributed by atoms with Gasteiger partial charge in [-0.2, -0.15) is 0 Å². The maximum atomic E-state index is 13.3. The summed E-state index contributed by atoms with van der Waals surface area (Å²) in [6.07, 6.45) is 3.72. The van der Waals surface area contributed by atoms with Crippen LogP contribution in [0.3, 0.4) is 0 Å². The molecule has 1 amide bonds. The zero-order chi connectivity index (χ0) is 22.9. The number of aryl methyl sites for hydroxylation is 1. The third-order valence-corrected chi connectivity index (χ3v) is 7.30. The van der Waals surface area contributed by atoms with Crippen LogP contribution in [-0.4, -0.2) is 57.7 Å². The third kappa shape index (κ3) is 3.93. The van der Waals surface area contributed by atoms with Crippen LogP contribution in [-0.2, 0) is 0 Å². The highest BCUT2D eigenvalue weighted by Crippen LogP contribution is 2.36. The van der Waals surface area contributed by atoms with Crippen molar-refractivity contribution in [1.29, 1.82) is 0 Å². The highest BCUT2D eigenvalue weighted by Gasteiger charge is 2.29. The molecule has 9 heteroatoms. The Morgan fingerprint density at radius 3 is 2.61 bits per heavy atom. The van der Waals surface area contributed by atoms with Crippen molar-refractivity contribution < 1.29 is 14.3 Å². The van der Waals surface area contributed by atoms with Crippen molar-refractivity contribution in [3.05, 3.63) is 59.0 Å². The van der Waals surface area contributed by atoms with Gasteiger partial charge in [-0.1, -0.05) is 6.07 Å². The van der Waals surface area contributed by atoms with Crippen molar-refractivity contribution in [2.45, 2.75) is 25.7 Å². The molecule has 1 aromatic carbocycles. The average Bonchev–Trinajstić information content (AvgIpc) is 3.47. The molecule has 1 aliphatic heterocycles. The summed E-state index contributed by atoms with van der Waals surface area (Å²) >= 11 is 1.42.